The van der Waals surface area contributed by atoms with Crippen LogP contribution in [0.15, 0.2) is 48.5 Å². The first-order chi connectivity index (χ1) is 12.6. The lowest BCUT2D eigenvalue weighted by Gasteiger charge is -2.25. The third-order valence-corrected chi connectivity index (χ3v) is 4.80. The van der Waals surface area contributed by atoms with E-state index in [0.717, 1.165) is 5.56 Å². The van der Waals surface area contributed by atoms with Gasteiger partial charge in [-0.1, -0.05) is 30.3 Å². The molecule has 0 unspecified atom stereocenters. The number of rotatable bonds is 4. The fourth-order valence-electron chi connectivity index (χ4n) is 3.32. The van der Waals surface area contributed by atoms with Gasteiger partial charge in [-0.25, -0.2) is 0 Å². The Kier molecular flexibility index (Phi) is 4.24. The summed E-state index contributed by atoms with van der Waals surface area (Å²) in [5, 5.41) is 0. The second-order valence-corrected chi connectivity index (χ2v) is 6.47. The number of carbonyl (C=O) groups excluding carboxylic acids is 2. The summed E-state index contributed by atoms with van der Waals surface area (Å²) in [7, 11) is 0. The van der Waals surface area contributed by atoms with Gasteiger partial charge in [-0.3, -0.25) is 9.59 Å². The molecule has 0 N–H and O–H groups in total. The maximum atomic E-state index is 12.5. The number of hydrogen-bond acceptors (Lipinski definition) is 5. The van der Waals surface area contributed by atoms with Gasteiger partial charge >= 0.3 is 5.97 Å². The summed E-state index contributed by atoms with van der Waals surface area (Å²) < 4.78 is 16.0. The van der Waals surface area contributed by atoms with Crippen molar-refractivity contribution < 1.29 is 23.8 Å². The smallest absolute Gasteiger partial charge is 0.316 e. The molecule has 6 nitrogen and oxygen atoms in total. The van der Waals surface area contributed by atoms with E-state index in [0.29, 0.717) is 23.8 Å². The lowest BCUT2D eigenvalue weighted by Crippen LogP contribution is -2.30. The van der Waals surface area contributed by atoms with Gasteiger partial charge in [0.05, 0.1) is 12.0 Å². The van der Waals surface area contributed by atoms with E-state index in [4.69, 9.17) is 14.2 Å². The highest BCUT2D eigenvalue weighted by molar-refractivity contribution is 5.88. The molecule has 26 heavy (non-hydrogen) atoms. The van der Waals surface area contributed by atoms with Crippen molar-refractivity contribution in [2.45, 2.75) is 19.4 Å². The number of hydrogen-bond donors (Lipinski definition) is 0. The van der Waals surface area contributed by atoms with Gasteiger partial charge in [0.25, 0.3) is 0 Å². The quantitative estimate of drug-likeness (QED) is 0.625. The summed E-state index contributed by atoms with van der Waals surface area (Å²) >= 11 is 0. The second-order valence-electron chi connectivity index (χ2n) is 6.47. The lowest BCUT2D eigenvalue weighted by atomic mass is 10.1. The van der Waals surface area contributed by atoms with Crippen LogP contribution in [0.3, 0.4) is 0 Å². The number of fused-ring (bicyclic) bond motifs is 1. The van der Waals surface area contributed by atoms with Crippen LogP contribution in [0.25, 0.3) is 0 Å². The summed E-state index contributed by atoms with van der Waals surface area (Å²) in [5.41, 5.74) is 1.05. The minimum atomic E-state index is -0.473. The average Bonchev–Trinajstić information content (AvgIpc) is 3.28. The van der Waals surface area contributed by atoms with Crippen molar-refractivity contribution in [1.82, 2.24) is 4.90 Å². The van der Waals surface area contributed by atoms with Crippen LogP contribution in [-0.4, -0.2) is 30.1 Å². The first-order valence-electron chi connectivity index (χ1n) is 8.57. The van der Waals surface area contributed by atoms with Crippen molar-refractivity contribution in [1.29, 1.82) is 0 Å². The van der Waals surface area contributed by atoms with Gasteiger partial charge in [0.1, 0.15) is 5.75 Å². The van der Waals surface area contributed by atoms with Gasteiger partial charge < -0.3 is 19.1 Å². The van der Waals surface area contributed by atoms with Crippen molar-refractivity contribution in [3.63, 3.8) is 0 Å². The fourth-order valence-corrected chi connectivity index (χ4v) is 3.32. The van der Waals surface area contributed by atoms with Gasteiger partial charge in [0.15, 0.2) is 11.5 Å². The number of likely N-dealkylation sites (tertiary alicyclic amines) is 1. The van der Waals surface area contributed by atoms with E-state index in [1.54, 1.807) is 23.1 Å². The maximum Gasteiger partial charge on any atom is 0.316 e. The van der Waals surface area contributed by atoms with E-state index in [1.165, 1.54) is 0 Å². The zero-order chi connectivity index (χ0) is 18.1. The third kappa shape index (κ3) is 3.10. The number of carbonyl (C=O) groups is 2. The van der Waals surface area contributed by atoms with Crippen molar-refractivity contribution in [3.8, 4) is 17.2 Å². The number of benzene rings is 2. The molecule has 0 aromatic heterocycles. The van der Waals surface area contributed by atoms with Crippen LogP contribution in [-0.2, 0) is 9.59 Å². The predicted octanol–water partition coefficient (Wildman–Crippen LogP) is 2.93. The van der Waals surface area contributed by atoms with E-state index < -0.39 is 11.9 Å². The molecule has 2 aliphatic heterocycles. The minimum absolute atomic E-state index is 0.0333. The summed E-state index contributed by atoms with van der Waals surface area (Å²) in [6.45, 7) is 2.49. The zero-order valence-corrected chi connectivity index (χ0v) is 14.4. The van der Waals surface area contributed by atoms with E-state index in [2.05, 4.69) is 0 Å². The molecular weight excluding hydrogens is 334 g/mol. The summed E-state index contributed by atoms with van der Waals surface area (Å²) in [4.78, 5) is 26.6. The molecule has 1 fully saturated rings. The molecular formula is C20H19NO5. The van der Waals surface area contributed by atoms with Gasteiger partial charge in [-0.15, -0.1) is 0 Å². The van der Waals surface area contributed by atoms with E-state index >= 15 is 0 Å². The van der Waals surface area contributed by atoms with Crippen LogP contribution >= 0.6 is 0 Å². The summed E-state index contributed by atoms with van der Waals surface area (Å²) in [6, 6.07) is 14.7. The Hall–Kier alpha value is -3.02. The van der Waals surface area contributed by atoms with Gasteiger partial charge in [0.2, 0.25) is 12.7 Å². The molecule has 6 heteroatoms. The Morgan fingerprint density at radius 2 is 1.92 bits per heavy atom. The molecule has 0 saturated carbocycles. The van der Waals surface area contributed by atoms with Gasteiger partial charge in [-0.05, 0) is 24.6 Å². The highest BCUT2D eigenvalue weighted by Crippen LogP contribution is 2.36. The summed E-state index contributed by atoms with van der Waals surface area (Å²) in [5.74, 6) is 0.662. The molecule has 2 atom stereocenters. The molecule has 134 valence electrons. The van der Waals surface area contributed by atoms with Gasteiger partial charge in [-0.2, -0.15) is 0 Å². The maximum absolute atomic E-state index is 12.5. The molecule has 1 amide bonds. The van der Waals surface area contributed by atoms with Crippen LogP contribution in [0.4, 0.5) is 0 Å². The SMILES string of the molecule is C[C@@H](c1ccccc1)N1C[C@@H](C(=O)Oc2ccc3c(c2)OCO3)CC1=O. The van der Waals surface area contributed by atoms with Crippen LogP contribution in [0.2, 0.25) is 0 Å². The third-order valence-electron chi connectivity index (χ3n) is 4.80. The Morgan fingerprint density at radius 1 is 1.15 bits per heavy atom. The predicted molar refractivity (Wildman–Crippen MR) is 92.9 cm³/mol. The van der Waals surface area contributed by atoms with Crippen LogP contribution in [0.1, 0.15) is 24.9 Å². The van der Waals surface area contributed by atoms with E-state index in [9.17, 15) is 9.59 Å². The molecule has 4 rings (SSSR count). The first-order valence-corrected chi connectivity index (χ1v) is 8.57. The van der Waals surface area contributed by atoms with Crippen LogP contribution < -0.4 is 14.2 Å². The molecule has 2 heterocycles. The van der Waals surface area contributed by atoms with Crippen molar-refractivity contribution in [2.24, 2.45) is 5.92 Å². The fraction of sp³-hybridized carbons (Fsp3) is 0.300. The van der Waals surface area contributed by atoms with Crippen LogP contribution in [0, 0.1) is 5.92 Å². The standard InChI is InChI=1S/C20H19NO5/c1-13(14-5-3-2-4-6-14)21-11-15(9-19(21)22)20(23)26-16-7-8-17-18(10-16)25-12-24-17/h2-8,10,13,15H,9,11-12H2,1H3/t13-,15-/m0/s1. The van der Waals surface area contributed by atoms with Gasteiger partial charge in [0, 0.05) is 19.0 Å². The van der Waals surface area contributed by atoms with Crippen molar-refractivity contribution in [2.75, 3.05) is 13.3 Å². The Morgan fingerprint density at radius 3 is 2.73 bits per heavy atom. The molecule has 0 aliphatic carbocycles. The summed E-state index contributed by atoms with van der Waals surface area (Å²) in [6.07, 6.45) is 0.167. The molecule has 0 spiro atoms. The zero-order valence-electron chi connectivity index (χ0n) is 14.4. The molecule has 0 bridgehead atoms. The highest BCUT2D eigenvalue weighted by Gasteiger charge is 2.38. The van der Waals surface area contributed by atoms with Crippen molar-refractivity contribution >= 4 is 11.9 Å². The number of ether oxygens (including phenoxy) is 3. The number of nitrogens with zero attached hydrogens (tertiary/aromatic N) is 1. The minimum Gasteiger partial charge on any atom is -0.454 e. The molecule has 1 saturated heterocycles. The Balaban J connectivity index is 1.42. The van der Waals surface area contributed by atoms with E-state index in [-0.39, 0.29) is 25.2 Å². The topological polar surface area (TPSA) is 65.1 Å². The van der Waals surface area contributed by atoms with Crippen LogP contribution in [0.5, 0.6) is 17.2 Å². The first kappa shape index (κ1) is 16.4. The molecule has 2 aromatic carbocycles. The number of esters is 1. The normalized spacial score (nSPS) is 19.5. The van der Waals surface area contributed by atoms with E-state index in [1.807, 2.05) is 37.3 Å². The second kappa shape index (κ2) is 6.71. The molecule has 0 radical (unpaired) electrons. The average molecular weight is 353 g/mol. The van der Waals surface area contributed by atoms with Crippen molar-refractivity contribution in [3.05, 3.63) is 54.1 Å². The highest BCUT2D eigenvalue weighted by atomic mass is 16.7. The molecule has 2 aromatic rings. The molecule has 2 aliphatic rings. The lowest BCUT2D eigenvalue weighted by molar-refractivity contribution is -0.139. The Labute approximate surface area is 151 Å². The largest absolute Gasteiger partial charge is 0.454 e. The number of amides is 1. The monoisotopic (exact) mass is 353 g/mol. The Bertz CT molecular complexity index is 835.